The van der Waals surface area contributed by atoms with E-state index in [4.69, 9.17) is 19.9 Å². The largest absolute Gasteiger partial charge is 0.497 e. The van der Waals surface area contributed by atoms with Gasteiger partial charge in [-0.3, -0.25) is 9.78 Å². The highest BCUT2D eigenvalue weighted by molar-refractivity contribution is 5.96. The van der Waals surface area contributed by atoms with E-state index in [-0.39, 0.29) is 12.4 Å². The van der Waals surface area contributed by atoms with Crippen molar-refractivity contribution in [1.29, 1.82) is 0 Å². The standard InChI is InChI=1S/C29H33N3O4/c1-5-35-29(33)15-22-6-7-24(34-4)16-28(22)36-18-20-12-26(21-8-10-31-23(14-21)17-30)25-9-11-32(19(2)3)27(25)13-20/h6-14,16,19H,5,15,17-18,30H2,1-4H3. The van der Waals surface area contributed by atoms with Gasteiger partial charge in [-0.2, -0.15) is 0 Å². The number of methoxy groups -OCH3 is 1. The highest BCUT2D eigenvalue weighted by atomic mass is 16.5. The van der Waals surface area contributed by atoms with Gasteiger partial charge in [0, 0.05) is 47.5 Å². The van der Waals surface area contributed by atoms with Crippen molar-refractivity contribution in [3.05, 3.63) is 77.7 Å². The lowest BCUT2D eigenvalue weighted by Gasteiger charge is -2.16. The first-order valence-electron chi connectivity index (χ1n) is 12.2. The number of ether oxygens (including phenoxy) is 3. The third kappa shape index (κ3) is 5.52. The fraction of sp³-hybridized carbons (Fsp3) is 0.310. The van der Waals surface area contributed by atoms with Crippen LogP contribution < -0.4 is 15.2 Å². The molecule has 0 aliphatic rings. The van der Waals surface area contributed by atoms with Crippen LogP contribution in [0.3, 0.4) is 0 Å². The van der Waals surface area contributed by atoms with Gasteiger partial charge in [0.15, 0.2) is 0 Å². The number of nitrogens with two attached hydrogens (primary N) is 1. The lowest BCUT2D eigenvalue weighted by atomic mass is 9.99. The smallest absolute Gasteiger partial charge is 0.310 e. The summed E-state index contributed by atoms with van der Waals surface area (Å²) in [6.07, 6.45) is 4.05. The summed E-state index contributed by atoms with van der Waals surface area (Å²) >= 11 is 0. The Balaban J connectivity index is 1.73. The number of aromatic nitrogens is 2. The molecule has 0 amide bonds. The van der Waals surface area contributed by atoms with Gasteiger partial charge >= 0.3 is 5.97 Å². The molecule has 0 bridgehead atoms. The monoisotopic (exact) mass is 487 g/mol. The van der Waals surface area contributed by atoms with Crippen LogP contribution in [0.5, 0.6) is 11.5 Å². The maximum Gasteiger partial charge on any atom is 0.310 e. The molecule has 0 spiro atoms. The second-order valence-corrected chi connectivity index (χ2v) is 8.88. The minimum Gasteiger partial charge on any atom is -0.497 e. The summed E-state index contributed by atoms with van der Waals surface area (Å²) in [5.41, 5.74) is 11.7. The molecule has 2 N–H and O–H groups in total. The Kier molecular flexibility index (Phi) is 7.90. The SMILES string of the molecule is CCOC(=O)Cc1ccc(OC)cc1OCc1cc(-c2ccnc(CN)c2)c2ccn(C(C)C)c2c1. The topological polar surface area (TPSA) is 88.6 Å². The predicted molar refractivity (Wildman–Crippen MR) is 141 cm³/mol. The molecule has 0 aliphatic carbocycles. The lowest BCUT2D eigenvalue weighted by Crippen LogP contribution is -2.09. The number of benzene rings is 2. The highest BCUT2D eigenvalue weighted by Gasteiger charge is 2.15. The molecule has 0 saturated heterocycles. The number of carbonyl (C=O) groups excluding carboxylic acids is 1. The number of hydrogen-bond donors (Lipinski definition) is 1. The van der Waals surface area contributed by atoms with Gasteiger partial charge < -0.3 is 24.5 Å². The number of carbonyl (C=O) groups is 1. The summed E-state index contributed by atoms with van der Waals surface area (Å²) < 4.78 is 19.1. The molecule has 0 aliphatic heterocycles. The van der Waals surface area contributed by atoms with Crippen LogP contribution in [0.4, 0.5) is 0 Å². The van der Waals surface area contributed by atoms with Crippen molar-refractivity contribution in [2.24, 2.45) is 5.73 Å². The number of esters is 1. The molecule has 0 radical (unpaired) electrons. The van der Waals surface area contributed by atoms with Gasteiger partial charge in [0.1, 0.15) is 18.1 Å². The molecule has 2 aromatic carbocycles. The summed E-state index contributed by atoms with van der Waals surface area (Å²) in [5.74, 6) is 0.963. The Morgan fingerprint density at radius 3 is 2.67 bits per heavy atom. The van der Waals surface area contributed by atoms with Gasteiger partial charge in [-0.25, -0.2) is 0 Å². The van der Waals surface area contributed by atoms with E-state index in [9.17, 15) is 4.79 Å². The first-order valence-corrected chi connectivity index (χ1v) is 12.2. The fourth-order valence-electron chi connectivity index (χ4n) is 4.32. The minimum atomic E-state index is -0.292. The second-order valence-electron chi connectivity index (χ2n) is 8.88. The molecule has 7 heteroatoms. The molecular formula is C29H33N3O4. The normalized spacial score (nSPS) is 11.2. The molecule has 7 nitrogen and oxygen atoms in total. The summed E-state index contributed by atoms with van der Waals surface area (Å²) in [4.78, 5) is 16.5. The van der Waals surface area contributed by atoms with Crippen LogP contribution in [0.1, 0.15) is 43.6 Å². The molecule has 188 valence electrons. The Labute approximate surface area is 211 Å². The fourth-order valence-corrected chi connectivity index (χ4v) is 4.32. The van der Waals surface area contributed by atoms with E-state index in [0.717, 1.165) is 38.9 Å². The molecule has 4 aromatic rings. The van der Waals surface area contributed by atoms with Gasteiger partial charge in [-0.05, 0) is 73.9 Å². The van der Waals surface area contributed by atoms with E-state index in [1.54, 1.807) is 26.3 Å². The first kappa shape index (κ1) is 25.3. The molecule has 0 saturated carbocycles. The van der Waals surface area contributed by atoms with Gasteiger partial charge in [0.25, 0.3) is 0 Å². The average molecular weight is 488 g/mol. The van der Waals surface area contributed by atoms with E-state index in [1.807, 2.05) is 24.3 Å². The van der Waals surface area contributed by atoms with E-state index < -0.39 is 0 Å². The predicted octanol–water partition coefficient (Wildman–Crippen LogP) is 5.44. The van der Waals surface area contributed by atoms with Crippen LogP contribution in [0.25, 0.3) is 22.0 Å². The number of fused-ring (bicyclic) bond motifs is 1. The molecule has 36 heavy (non-hydrogen) atoms. The van der Waals surface area contributed by atoms with Gasteiger partial charge in [-0.1, -0.05) is 6.07 Å². The van der Waals surface area contributed by atoms with Crippen molar-refractivity contribution in [3.63, 3.8) is 0 Å². The number of pyridine rings is 1. The van der Waals surface area contributed by atoms with Crippen molar-refractivity contribution < 1.29 is 19.0 Å². The Morgan fingerprint density at radius 2 is 1.94 bits per heavy atom. The van der Waals surface area contributed by atoms with Gasteiger partial charge in [-0.15, -0.1) is 0 Å². The molecule has 4 rings (SSSR count). The third-order valence-electron chi connectivity index (χ3n) is 6.10. The molecule has 0 atom stereocenters. The first-order chi connectivity index (χ1) is 17.4. The number of nitrogens with zero attached hydrogens (tertiary/aromatic N) is 2. The Bertz CT molecular complexity index is 1360. The molecule has 0 fully saturated rings. The van der Waals surface area contributed by atoms with E-state index in [2.05, 4.69) is 47.8 Å². The van der Waals surface area contributed by atoms with Crippen LogP contribution in [0.15, 0.2) is 60.9 Å². The van der Waals surface area contributed by atoms with Crippen LogP contribution in [0, 0.1) is 0 Å². The Hall–Kier alpha value is -3.84. The van der Waals surface area contributed by atoms with Gasteiger partial charge in [0.05, 0.1) is 25.8 Å². The minimum absolute atomic E-state index is 0.131. The zero-order chi connectivity index (χ0) is 25.7. The lowest BCUT2D eigenvalue weighted by molar-refractivity contribution is -0.142. The number of hydrogen-bond acceptors (Lipinski definition) is 6. The summed E-state index contributed by atoms with van der Waals surface area (Å²) in [7, 11) is 1.61. The van der Waals surface area contributed by atoms with Crippen LogP contribution in [0.2, 0.25) is 0 Å². The highest BCUT2D eigenvalue weighted by Crippen LogP contribution is 2.34. The third-order valence-corrected chi connectivity index (χ3v) is 6.10. The summed E-state index contributed by atoms with van der Waals surface area (Å²) in [6, 6.07) is 16.3. The van der Waals surface area contributed by atoms with Crippen molar-refractivity contribution in [1.82, 2.24) is 9.55 Å². The average Bonchev–Trinajstić information content (AvgIpc) is 3.32. The number of rotatable bonds is 10. The molecule has 0 unspecified atom stereocenters. The summed E-state index contributed by atoms with van der Waals surface area (Å²) in [6.45, 7) is 7.17. The zero-order valence-corrected chi connectivity index (χ0v) is 21.3. The maximum absolute atomic E-state index is 12.1. The van der Waals surface area contributed by atoms with Crippen molar-refractivity contribution >= 4 is 16.9 Å². The zero-order valence-electron chi connectivity index (χ0n) is 21.3. The Morgan fingerprint density at radius 1 is 1.11 bits per heavy atom. The molecule has 2 aromatic heterocycles. The van der Waals surface area contributed by atoms with Crippen molar-refractivity contribution in [2.75, 3.05) is 13.7 Å². The maximum atomic E-state index is 12.1. The quantitative estimate of drug-likeness (QED) is 0.300. The van der Waals surface area contributed by atoms with E-state index in [0.29, 0.717) is 37.3 Å². The molecule has 2 heterocycles. The molecular weight excluding hydrogens is 454 g/mol. The van der Waals surface area contributed by atoms with Crippen LogP contribution in [-0.4, -0.2) is 29.2 Å². The van der Waals surface area contributed by atoms with Crippen LogP contribution in [-0.2, 0) is 29.1 Å². The van der Waals surface area contributed by atoms with Gasteiger partial charge in [0.2, 0.25) is 0 Å². The van der Waals surface area contributed by atoms with Crippen LogP contribution >= 0.6 is 0 Å². The second kappa shape index (κ2) is 11.3. The van der Waals surface area contributed by atoms with E-state index >= 15 is 0 Å². The van der Waals surface area contributed by atoms with Crippen molar-refractivity contribution in [2.45, 2.75) is 46.4 Å². The summed E-state index contributed by atoms with van der Waals surface area (Å²) in [5, 5.41) is 1.16. The van der Waals surface area contributed by atoms with E-state index in [1.165, 1.54) is 0 Å². The van der Waals surface area contributed by atoms with Crippen molar-refractivity contribution in [3.8, 4) is 22.6 Å².